The van der Waals surface area contributed by atoms with E-state index in [0.717, 1.165) is 18.6 Å². The Morgan fingerprint density at radius 2 is 2.33 bits per heavy atom. The van der Waals surface area contributed by atoms with Gasteiger partial charge in [-0.25, -0.2) is 13.1 Å². The summed E-state index contributed by atoms with van der Waals surface area (Å²) in [6.07, 6.45) is 2.22. The van der Waals surface area contributed by atoms with Crippen LogP contribution < -0.4 is 10.5 Å². The maximum Gasteiger partial charge on any atom is 0.246 e. The van der Waals surface area contributed by atoms with E-state index in [1.165, 1.54) is 4.68 Å². The third-order valence-corrected chi connectivity index (χ3v) is 6.08. The minimum Gasteiger partial charge on any atom is -0.381 e. The second kappa shape index (κ2) is 5.10. The number of nitrogens with one attached hydrogen (secondary N) is 1. The standard InChI is InChI=1S/C10H18N4O2S2/c1-7-9(10(11)13-14(7)2)18(15,16)12-6-8-4-3-5-17-8/h8,12H,3-6H2,1-2H3,(H2,11,13). The van der Waals surface area contributed by atoms with Crippen molar-refractivity contribution in [3.05, 3.63) is 5.69 Å². The molecule has 0 radical (unpaired) electrons. The number of rotatable bonds is 4. The average Bonchev–Trinajstić information content (AvgIpc) is 2.86. The van der Waals surface area contributed by atoms with E-state index < -0.39 is 10.0 Å². The molecule has 0 amide bonds. The van der Waals surface area contributed by atoms with Crippen LogP contribution in [0.3, 0.4) is 0 Å². The zero-order valence-corrected chi connectivity index (χ0v) is 12.1. The molecule has 1 unspecified atom stereocenters. The molecule has 1 atom stereocenters. The molecule has 1 aromatic rings. The molecule has 1 fully saturated rings. The Morgan fingerprint density at radius 1 is 1.61 bits per heavy atom. The summed E-state index contributed by atoms with van der Waals surface area (Å²) in [4.78, 5) is 0.105. The predicted octanol–water partition coefficient (Wildman–Crippen LogP) is 0.485. The highest BCUT2D eigenvalue weighted by atomic mass is 32.2. The molecule has 0 bridgehead atoms. The van der Waals surface area contributed by atoms with Crippen molar-refractivity contribution >= 4 is 27.6 Å². The molecule has 1 saturated heterocycles. The fraction of sp³-hybridized carbons (Fsp3) is 0.700. The van der Waals surface area contributed by atoms with Crippen LogP contribution >= 0.6 is 11.8 Å². The first-order valence-corrected chi connectivity index (χ1v) is 8.35. The Bertz CT molecular complexity index is 532. The number of thioether (sulfide) groups is 1. The quantitative estimate of drug-likeness (QED) is 0.842. The van der Waals surface area contributed by atoms with Gasteiger partial charge in [0.1, 0.15) is 4.90 Å². The number of nitrogen functional groups attached to an aromatic ring is 1. The number of nitrogens with zero attached hydrogens (tertiary/aromatic N) is 2. The molecule has 0 aromatic carbocycles. The van der Waals surface area contributed by atoms with Crippen molar-refractivity contribution < 1.29 is 8.42 Å². The van der Waals surface area contributed by atoms with Crippen LogP contribution in [0.1, 0.15) is 18.5 Å². The summed E-state index contributed by atoms with van der Waals surface area (Å²) in [5, 5.41) is 4.30. The van der Waals surface area contributed by atoms with Gasteiger partial charge in [-0.05, 0) is 25.5 Å². The summed E-state index contributed by atoms with van der Waals surface area (Å²) in [5.41, 5.74) is 6.21. The zero-order chi connectivity index (χ0) is 13.3. The van der Waals surface area contributed by atoms with Crippen LogP contribution in [0.4, 0.5) is 5.82 Å². The van der Waals surface area contributed by atoms with Crippen molar-refractivity contribution in [3.8, 4) is 0 Å². The minimum atomic E-state index is -3.56. The lowest BCUT2D eigenvalue weighted by atomic mass is 10.2. The molecule has 1 aromatic heterocycles. The second-order valence-electron chi connectivity index (χ2n) is 4.41. The lowest BCUT2D eigenvalue weighted by Gasteiger charge is -2.10. The Balaban J connectivity index is 2.14. The third-order valence-electron chi connectivity index (χ3n) is 3.10. The second-order valence-corrected chi connectivity index (χ2v) is 7.52. The Labute approximate surface area is 111 Å². The number of nitrogens with two attached hydrogens (primary N) is 1. The van der Waals surface area contributed by atoms with Crippen LogP contribution in [-0.2, 0) is 17.1 Å². The van der Waals surface area contributed by atoms with Gasteiger partial charge in [0.15, 0.2) is 5.82 Å². The predicted molar refractivity (Wildman–Crippen MR) is 73.0 cm³/mol. The number of aryl methyl sites for hydroxylation is 1. The van der Waals surface area contributed by atoms with Gasteiger partial charge in [-0.15, -0.1) is 0 Å². The summed E-state index contributed by atoms with van der Waals surface area (Å²) >= 11 is 1.81. The van der Waals surface area contributed by atoms with Gasteiger partial charge in [0.2, 0.25) is 10.0 Å². The lowest BCUT2D eigenvalue weighted by molar-refractivity contribution is 0.578. The first-order valence-electron chi connectivity index (χ1n) is 5.82. The maximum atomic E-state index is 12.2. The van der Waals surface area contributed by atoms with Crippen LogP contribution in [0.25, 0.3) is 0 Å². The van der Waals surface area contributed by atoms with Crippen molar-refractivity contribution in [2.45, 2.75) is 29.9 Å². The van der Waals surface area contributed by atoms with Crippen LogP contribution in [0.15, 0.2) is 4.90 Å². The van der Waals surface area contributed by atoms with E-state index >= 15 is 0 Å². The van der Waals surface area contributed by atoms with Crippen LogP contribution in [-0.4, -0.2) is 35.7 Å². The molecule has 2 rings (SSSR count). The molecule has 8 heteroatoms. The van der Waals surface area contributed by atoms with Crippen LogP contribution in [0, 0.1) is 6.92 Å². The fourth-order valence-electron chi connectivity index (χ4n) is 2.03. The molecule has 102 valence electrons. The first-order chi connectivity index (χ1) is 8.42. The molecule has 0 aliphatic carbocycles. The van der Waals surface area contributed by atoms with Gasteiger partial charge in [-0.3, -0.25) is 4.68 Å². The molecule has 1 aliphatic heterocycles. The number of sulfonamides is 1. The molecule has 3 N–H and O–H groups in total. The highest BCUT2D eigenvalue weighted by Gasteiger charge is 2.26. The van der Waals surface area contributed by atoms with Gasteiger partial charge in [0.25, 0.3) is 0 Å². The lowest BCUT2D eigenvalue weighted by Crippen LogP contribution is -2.30. The topological polar surface area (TPSA) is 90.0 Å². The van der Waals surface area contributed by atoms with E-state index in [1.807, 2.05) is 11.8 Å². The van der Waals surface area contributed by atoms with Crippen molar-refractivity contribution in [3.63, 3.8) is 0 Å². The highest BCUT2D eigenvalue weighted by molar-refractivity contribution is 8.00. The van der Waals surface area contributed by atoms with Crippen LogP contribution in [0.2, 0.25) is 0 Å². The van der Waals surface area contributed by atoms with Gasteiger partial charge in [0.05, 0.1) is 5.69 Å². The number of aromatic nitrogens is 2. The molecular weight excluding hydrogens is 272 g/mol. The highest BCUT2D eigenvalue weighted by Crippen LogP contribution is 2.26. The van der Waals surface area contributed by atoms with Crippen molar-refractivity contribution in [2.75, 3.05) is 18.0 Å². The Morgan fingerprint density at radius 3 is 2.83 bits per heavy atom. The van der Waals surface area contributed by atoms with Gasteiger partial charge in [-0.1, -0.05) is 0 Å². The van der Waals surface area contributed by atoms with E-state index in [-0.39, 0.29) is 10.7 Å². The Hall–Kier alpha value is -0.730. The number of hydrogen-bond donors (Lipinski definition) is 2. The van der Waals surface area contributed by atoms with Crippen molar-refractivity contribution in [1.82, 2.24) is 14.5 Å². The summed E-state index contributed by atoms with van der Waals surface area (Å²) in [6.45, 7) is 2.16. The summed E-state index contributed by atoms with van der Waals surface area (Å²) < 4.78 is 28.5. The smallest absolute Gasteiger partial charge is 0.246 e. The summed E-state index contributed by atoms with van der Waals surface area (Å²) in [5.74, 6) is 1.17. The van der Waals surface area contributed by atoms with Crippen molar-refractivity contribution in [2.24, 2.45) is 7.05 Å². The average molecular weight is 290 g/mol. The molecule has 2 heterocycles. The summed E-state index contributed by atoms with van der Waals surface area (Å²) in [7, 11) is -1.88. The summed E-state index contributed by atoms with van der Waals surface area (Å²) in [6, 6.07) is 0. The van der Waals surface area contributed by atoms with E-state index in [9.17, 15) is 8.42 Å². The van der Waals surface area contributed by atoms with Gasteiger partial charge >= 0.3 is 0 Å². The molecule has 6 nitrogen and oxygen atoms in total. The van der Waals surface area contributed by atoms with E-state index in [0.29, 0.717) is 17.5 Å². The van der Waals surface area contributed by atoms with Gasteiger partial charge < -0.3 is 5.73 Å². The monoisotopic (exact) mass is 290 g/mol. The first kappa shape index (κ1) is 13.7. The normalized spacial score (nSPS) is 20.4. The molecule has 18 heavy (non-hydrogen) atoms. The van der Waals surface area contributed by atoms with Crippen molar-refractivity contribution in [1.29, 1.82) is 0 Å². The van der Waals surface area contributed by atoms with Crippen LogP contribution in [0.5, 0.6) is 0 Å². The zero-order valence-electron chi connectivity index (χ0n) is 10.5. The third kappa shape index (κ3) is 2.65. The largest absolute Gasteiger partial charge is 0.381 e. The Kier molecular flexibility index (Phi) is 3.88. The number of anilines is 1. The maximum absolute atomic E-state index is 12.2. The molecule has 1 aliphatic rings. The fourth-order valence-corrected chi connectivity index (χ4v) is 4.74. The minimum absolute atomic E-state index is 0.0570. The van der Waals surface area contributed by atoms with E-state index in [2.05, 4.69) is 9.82 Å². The van der Waals surface area contributed by atoms with E-state index in [4.69, 9.17) is 5.73 Å². The molecular formula is C10H18N4O2S2. The van der Waals surface area contributed by atoms with Gasteiger partial charge in [0, 0.05) is 18.8 Å². The SMILES string of the molecule is Cc1c(S(=O)(=O)NCC2CCCS2)c(N)nn1C. The molecule has 0 spiro atoms. The number of hydrogen-bond acceptors (Lipinski definition) is 5. The van der Waals surface area contributed by atoms with Gasteiger partial charge in [-0.2, -0.15) is 16.9 Å². The van der Waals surface area contributed by atoms with E-state index in [1.54, 1.807) is 14.0 Å². The molecule has 0 saturated carbocycles.